The average molecular weight is 249 g/mol. The van der Waals surface area contributed by atoms with Crippen LogP contribution in [0.5, 0.6) is 0 Å². The summed E-state index contributed by atoms with van der Waals surface area (Å²) in [6.07, 6.45) is 0.500. The van der Waals surface area contributed by atoms with Crippen LogP contribution in [0.3, 0.4) is 0 Å². The van der Waals surface area contributed by atoms with E-state index < -0.39 is 17.0 Å². The molecule has 1 unspecified atom stereocenters. The highest BCUT2D eigenvalue weighted by Crippen LogP contribution is 2.24. The molecule has 0 bridgehead atoms. The summed E-state index contributed by atoms with van der Waals surface area (Å²) in [7, 11) is 0. The molecule has 1 aromatic carbocycles. The maximum absolute atomic E-state index is 10.8. The van der Waals surface area contributed by atoms with Gasteiger partial charge in [0, 0.05) is 0 Å². The lowest BCUT2D eigenvalue weighted by Gasteiger charge is -2.06. The van der Waals surface area contributed by atoms with Gasteiger partial charge in [0.15, 0.2) is 11.1 Å². The summed E-state index contributed by atoms with van der Waals surface area (Å²) in [5.74, 6) is -1.13. The summed E-state index contributed by atoms with van der Waals surface area (Å²) in [4.78, 5) is 10.8. The number of aryl methyl sites for hydroxylation is 1. The molecular formula is C9H9ClO4S. The Morgan fingerprint density at radius 1 is 1.53 bits per heavy atom. The Kier molecular flexibility index (Phi) is 3.84. The van der Waals surface area contributed by atoms with Gasteiger partial charge in [0.05, 0.1) is 15.5 Å². The summed E-state index contributed by atoms with van der Waals surface area (Å²) >= 11 is 3.46. The second-order valence-electron chi connectivity index (χ2n) is 2.85. The summed E-state index contributed by atoms with van der Waals surface area (Å²) in [5, 5.41) is 8.98. The molecule has 6 heteroatoms. The number of aromatic carboxylic acids is 1. The van der Waals surface area contributed by atoms with E-state index in [-0.39, 0.29) is 15.5 Å². The van der Waals surface area contributed by atoms with Gasteiger partial charge in [0.1, 0.15) is 0 Å². The molecule has 1 aromatic rings. The summed E-state index contributed by atoms with van der Waals surface area (Å²) in [6.45, 7) is 1.79. The van der Waals surface area contributed by atoms with Gasteiger partial charge in [-0.1, -0.05) is 18.5 Å². The Morgan fingerprint density at radius 3 is 2.53 bits per heavy atom. The van der Waals surface area contributed by atoms with Gasteiger partial charge >= 0.3 is 5.97 Å². The summed E-state index contributed by atoms with van der Waals surface area (Å²) in [6, 6.07) is 2.55. The van der Waals surface area contributed by atoms with Crippen molar-refractivity contribution in [1.29, 1.82) is 0 Å². The maximum Gasteiger partial charge on any atom is 0.336 e. The maximum atomic E-state index is 10.8. The molecule has 0 aliphatic heterocycles. The first-order valence-corrected chi connectivity index (χ1v) is 5.62. The number of carbonyl (C=O) groups is 1. The molecule has 0 heterocycles. The van der Waals surface area contributed by atoms with Gasteiger partial charge in [-0.15, -0.1) is 0 Å². The second-order valence-corrected chi connectivity index (χ2v) is 4.19. The van der Waals surface area contributed by atoms with E-state index in [0.29, 0.717) is 12.0 Å². The largest absolute Gasteiger partial charge is 0.478 e. The Hall–Kier alpha value is -0.910. The van der Waals surface area contributed by atoms with Gasteiger partial charge in [-0.2, -0.15) is 0 Å². The van der Waals surface area contributed by atoms with Crippen molar-refractivity contribution in [3.05, 3.63) is 28.3 Å². The molecule has 0 aromatic heterocycles. The Labute approximate surface area is 94.2 Å². The lowest BCUT2D eigenvalue weighted by atomic mass is 10.1. The zero-order valence-electron chi connectivity index (χ0n) is 7.86. The zero-order chi connectivity index (χ0) is 11.6. The molecule has 4 nitrogen and oxygen atoms in total. The van der Waals surface area contributed by atoms with Crippen molar-refractivity contribution >= 4 is 28.7 Å². The Balaban J connectivity index is 3.43. The van der Waals surface area contributed by atoms with Gasteiger partial charge in [-0.25, -0.2) is 9.00 Å². The molecule has 0 spiro atoms. The van der Waals surface area contributed by atoms with E-state index in [1.807, 2.05) is 0 Å². The van der Waals surface area contributed by atoms with E-state index in [2.05, 4.69) is 0 Å². The zero-order valence-corrected chi connectivity index (χ0v) is 9.43. The summed E-state index contributed by atoms with van der Waals surface area (Å²) < 4.78 is 19.7. The fourth-order valence-corrected chi connectivity index (χ4v) is 2.05. The Morgan fingerprint density at radius 2 is 2.13 bits per heavy atom. The van der Waals surface area contributed by atoms with Crippen molar-refractivity contribution in [2.24, 2.45) is 0 Å². The minimum Gasteiger partial charge on any atom is -0.478 e. The van der Waals surface area contributed by atoms with Crippen LogP contribution in [0, 0.1) is 0 Å². The van der Waals surface area contributed by atoms with Crippen molar-refractivity contribution in [1.82, 2.24) is 0 Å². The molecule has 0 amide bonds. The number of benzene rings is 1. The van der Waals surface area contributed by atoms with Gasteiger partial charge in [0.2, 0.25) is 0 Å². The molecule has 0 saturated heterocycles. The third-order valence-electron chi connectivity index (χ3n) is 1.96. The number of carboxylic acid groups (broad SMARTS) is 1. The first-order valence-electron chi connectivity index (χ1n) is 4.14. The SMILES string of the molecule is CCc1cc(Cl)c(S(=O)O)cc1C(=O)O. The monoisotopic (exact) mass is 248 g/mol. The quantitative estimate of drug-likeness (QED) is 0.804. The van der Waals surface area contributed by atoms with E-state index in [1.54, 1.807) is 6.92 Å². The van der Waals surface area contributed by atoms with Crippen LogP contribution in [0.4, 0.5) is 0 Å². The second kappa shape index (κ2) is 4.74. The van der Waals surface area contributed by atoms with Crippen molar-refractivity contribution < 1.29 is 18.7 Å². The first kappa shape index (κ1) is 12.2. The molecule has 15 heavy (non-hydrogen) atoms. The molecule has 82 valence electrons. The van der Waals surface area contributed by atoms with Gasteiger partial charge in [-0.05, 0) is 24.1 Å². The van der Waals surface area contributed by atoms with E-state index in [1.165, 1.54) is 6.07 Å². The number of hydrogen-bond acceptors (Lipinski definition) is 2. The van der Waals surface area contributed by atoms with Crippen molar-refractivity contribution in [3.63, 3.8) is 0 Å². The fraction of sp³-hybridized carbons (Fsp3) is 0.222. The molecule has 1 atom stereocenters. The highest BCUT2D eigenvalue weighted by molar-refractivity contribution is 7.79. The molecule has 0 aliphatic carbocycles. The van der Waals surface area contributed by atoms with E-state index in [4.69, 9.17) is 21.3 Å². The third kappa shape index (κ3) is 2.56. The van der Waals surface area contributed by atoms with Crippen LogP contribution in [0.25, 0.3) is 0 Å². The van der Waals surface area contributed by atoms with Crippen LogP contribution in [0.2, 0.25) is 5.02 Å². The smallest absolute Gasteiger partial charge is 0.336 e. The Bertz CT molecular complexity index is 430. The number of carboxylic acids is 1. The minimum atomic E-state index is -2.27. The topological polar surface area (TPSA) is 74.6 Å². The van der Waals surface area contributed by atoms with Crippen molar-refractivity contribution in [3.8, 4) is 0 Å². The van der Waals surface area contributed by atoms with Crippen LogP contribution in [-0.4, -0.2) is 19.8 Å². The number of rotatable bonds is 3. The first-order chi connectivity index (χ1) is 6.97. The molecule has 2 N–H and O–H groups in total. The molecule has 1 rings (SSSR count). The van der Waals surface area contributed by atoms with Gasteiger partial charge < -0.3 is 9.66 Å². The standard InChI is InChI=1S/C9H9ClO4S/c1-2-5-3-7(10)8(15(13)14)4-6(5)9(11)12/h3-4H,2H2,1H3,(H,11,12)(H,13,14). The van der Waals surface area contributed by atoms with Gasteiger partial charge in [0.25, 0.3) is 0 Å². The van der Waals surface area contributed by atoms with Crippen molar-refractivity contribution in [2.45, 2.75) is 18.2 Å². The van der Waals surface area contributed by atoms with Crippen LogP contribution < -0.4 is 0 Å². The van der Waals surface area contributed by atoms with E-state index in [0.717, 1.165) is 6.07 Å². The molecule has 0 aliphatic rings. The van der Waals surface area contributed by atoms with E-state index in [9.17, 15) is 9.00 Å². The number of halogens is 1. The molecule has 0 radical (unpaired) electrons. The fourth-order valence-electron chi connectivity index (χ4n) is 1.22. The summed E-state index contributed by atoms with van der Waals surface area (Å²) in [5.41, 5.74) is 0.556. The minimum absolute atomic E-state index is 0.0132. The van der Waals surface area contributed by atoms with E-state index >= 15 is 0 Å². The van der Waals surface area contributed by atoms with Crippen LogP contribution in [0.1, 0.15) is 22.8 Å². The normalized spacial score (nSPS) is 12.5. The highest BCUT2D eigenvalue weighted by Gasteiger charge is 2.15. The average Bonchev–Trinajstić information content (AvgIpc) is 2.16. The molecular weight excluding hydrogens is 240 g/mol. The third-order valence-corrected chi connectivity index (χ3v) is 3.10. The number of hydrogen-bond donors (Lipinski definition) is 2. The lowest BCUT2D eigenvalue weighted by molar-refractivity contribution is 0.0695. The van der Waals surface area contributed by atoms with Gasteiger partial charge in [-0.3, -0.25) is 0 Å². The van der Waals surface area contributed by atoms with Crippen molar-refractivity contribution in [2.75, 3.05) is 0 Å². The lowest BCUT2D eigenvalue weighted by Crippen LogP contribution is -2.04. The molecule has 0 fully saturated rings. The van der Waals surface area contributed by atoms with Crippen LogP contribution in [0.15, 0.2) is 17.0 Å². The van der Waals surface area contributed by atoms with Crippen LogP contribution in [-0.2, 0) is 17.5 Å². The predicted molar refractivity (Wildman–Crippen MR) is 56.8 cm³/mol. The van der Waals surface area contributed by atoms with Crippen LogP contribution >= 0.6 is 11.6 Å². The molecule has 0 saturated carbocycles. The predicted octanol–water partition coefficient (Wildman–Crippen LogP) is 2.18. The highest BCUT2D eigenvalue weighted by atomic mass is 35.5.